The number of fused-ring (bicyclic) bond motifs is 2. The minimum atomic E-state index is -0.553. The lowest BCUT2D eigenvalue weighted by molar-refractivity contribution is 0.0982. The van der Waals surface area contributed by atoms with E-state index in [1.807, 2.05) is 36.2 Å². The monoisotopic (exact) mass is 400 g/mol. The van der Waals surface area contributed by atoms with E-state index < -0.39 is 11.7 Å². The van der Waals surface area contributed by atoms with Gasteiger partial charge in [0.1, 0.15) is 5.82 Å². The lowest BCUT2D eigenvalue weighted by Crippen LogP contribution is -2.44. The van der Waals surface area contributed by atoms with Crippen molar-refractivity contribution in [3.8, 4) is 0 Å². The third-order valence-electron chi connectivity index (χ3n) is 4.21. The zero-order valence-electron chi connectivity index (χ0n) is 13.4. The summed E-state index contributed by atoms with van der Waals surface area (Å²) in [4.78, 5) is 25.7. The first-order valence-corrected chi connectivity index (χ1v) is 8.59. The molecule has 0 aliphatic carbocycles. The van der Waals surface area contributed by atoms with Gasteiger partial charge in [0.05, 0.1) is 16.6 Å². The highest BCUT2D eigenvalue weighted by Gasteiger charge is 2.30. The molecule has 0 spiro atoms. The molecule has 1 amide bonds. The number of carbonyl (C=O) groups excluding carboxylic acids is 1. The van der Waals surface area contributed by atoms with Gasteiger partial charge in [-0.1, -0.05) is 28.1 Å². The topological polar surface area (TPSA) is 49.3 Å². The molecular formula is C18H14BrFN4O. The highest BCUT2D eigenvalue weighted by atomic mass is 79.9. The Kier molecular flexibility index (Phi) is 3.88. The quantitative estimate of drug-likeness (QED) is 0.625. The maximum absolute atomic E-state index is 14.2. The van der Waals surface area contributed by atoms with Gasteiger partial charge in [0.25, 0.3) is 5.91 Å². The fourth-order valence-corrected chi connectivity index (χ4v) is 3.25. The van der Waals surface area contributed by atoms with Crippen LogP contribution >= 0.6 is 15.9 Å². The Labute approximate surface area is 152 Å². The van der Waals surface area contributed by atoms with Crippen LogP contribution in [0.25, 0.3) is 11.0 Å². The third kappa shape index (κ3) is 2.74. The summed E-state index contributed by atoms with van der Waals surface area (Å²) in [6.45, 7) is 1.02. The number of hydrogen-bond donors (Lipinski definition) is 0. The number of benzene rings is 2. The van der Waals surface area contributed by atoms with Gasteiger partial charge >= 0.3 is 0 Å². The molecule has 0 fully saturated rings. The Balaban J connectivity index is 1.85. The van der Waals surface area contributed by atoms with E-state index in [1.54, 1.807) is 6.07 Å². The van der Waals surface area contributed by atoms with Crippen LogP contribution in [-0.4, -0.2) is 36.0 Å². The second kappa shape index (κ2) is 6.07. The Morgan fingerprint density at radius 2 is 1.76 bits per heavy atom. The van der Waals surface area contributed by atoms with Gasteiger partial charge in [0, 0.05) is 24.6 Å². The van der Waals surface area contributed by atoms with Crippen LogP contribution in [0, 0.1) is 5.82 Å². The van der Waals surface area contributed by atoms with Crippen molar-refractivity contribution in [2.75, 3.05) is 29.9 Å². The van der Waals surface area contributed by atoms with E-state index in [0.29, 0.717) is 34.7 Å². The maximum Gasteiger partial charge on any atom is 0.262 e. The van der Waals surface area contributed by atoms with Crippen molar-refractivity contribution in [2.24, 2.45) is 0 Å². The summed E-state index contributed by atoms with van der Waals surface area (Å²) in [7, 11) is 1.91. The molecule has 126 valence electrons. The fraction of sp³-hybridized carbons (Fsp3) is 0.167. The zero-order chi connectivity index (χ0) is 17.6. The Morgan fingerprint density at radius 3 is 2.48 bits per heavy atom. The largest absolute Gasteiger partial charge is 0.355 e. The van der Waals surface area contributed by atoms with Crippen LogP contribution < -0.4 is 9.80 Å². The molecule has 0 unspecified atom stereocenters. The van der Waals surface area contributed by atoms with Crippen molar-refractivity contribution >= 4 is 44.5 Å². The minimum absolute atomic E-state index is 0.0137. The molecule has 0 radical (unpaired) electrons. The van der Waals surface area contributed by atoms with E-state index in [2.05, 4.69) is 25.9 Å². The molecule has 0 atom stereocenters. The molecule has 25 heavy (non-hydrogen) atoms. The van der Waals surface area contributed by atoms with Crippen LogP contribution in [-0.2, 0) is 0 Å². The molecule has 0 saturated heterocycles. The van der Waals surface area contributed by atoms with E-state index in [9.17, 15) is 9.18 Å². The van der Waals surface area contributed by atoms with Crippen molar-refractivity contribution in [1.29, 1.82) is 0 Å². The van der Waals surface area contributed by atoms with Gasteiger partial charge in [-0.3, -0.25) is 9.69 Å². The lowest BCUT2D eigenvalue weighted by Gasteiger charge is -2.33. The Bertz CT molecular complexity index is 994. The van der Waals surface area contributed by atoms with E-state index in [4.69, 9.17) is 0 Å². The summed E-state index contributed by atoms with van der Waals surface area (Å²) in [6, 6.07) is 11.8. The van der Waals surface area contributed by atoms with Gasteiger partial charge in [0.15, 0.2) is 11.6 Å². The summed E-state index contributed by atoms with van der Waals surface area (Å²) in [5.74, 6) is 0.102. The number of rotatable bonds is 1. The highest BCUT2D eigenvalue weighted by Crippen LogP contribution is 2.32. The number of halogens is 2. The average Bonchev–Trinajstić information content (AvgIpc) is 2.62. The van der Waals surface area contributed by atoms with Crippen LogP contribution in [0.4, 0.5) is 16.0 Å². The summed E-state index contributed by atoms with van der Waals surface area (Å²) < 4.78 is 14.8. The number of carbonyl (C=O) groups is 1. The van der Waals surface area contributed by atoms with Crippen molar-refractivity contribution in [2.45, 2.75) is 0 Å². The van der Waals surface area contributed by atoms with Crippen LogP contribution in [0.3, 0.4) is 0 Å². The highest BCUT2D eigenvalue weighted by molar-refractivity contribution is 9.10. The average molecular weight is 401 g/mol. The maximum atomic E-state index is 14.2. The normalized spacial score (nSPS) is 13.9. The zero-order valence-corrected chi connectivity index (χ0v) is 15.0. The molecule has 0 N–H and O–H groups in total. The lowest BCUT2D eigenvalue weighted by atomic mass is 10.1. The number of hydrogen-bond acceptors (Lipinski definition) is 4. The molecule has 3 aromatic rings. The van der Waals surface area contributed by atoms with Gasteiger partial charge in [-0.15, -0.1) is 0 Å². The predicted octanol–water partition coefficient (Wildman–Crippen LogP) is 3.63. The molecule has 5 nitrogen and oxygen atoms in total. The first kappa shape index (κ1) is 16.0. The van der Waals surface area contributed by atoms with Gasteiger partial charge < -0.3 is 4.90 Å². The fourth-order valence-electron chi connectivity index (χ4n) is 2.88. The number of nitrogens with zero attached hydrogens (tertiary/aromatic N) is 4. The van der Waals surface area contributed by atoms with Gasteiger partial charge in [-0.05, 0) is 30.3 Å². The Morgan fingerprint density at radius 1 is 1.08 bits per heavy atom. The summed E-state index contributed by atoms with van der Waals surface area (Å²) in [5.41, 5.74) is 1.47. The molecule has 1 aromatic heterocycles. The number of amides is 1. The van der Waals surface area contributed by atoms with Gasteiger partial charge in [-0.2, -0.15) is 0 Å². The van der Waals surface area contributed by atoms with E-state index >= 15 is 0 Å². The molecule has 2 aromatic carbocycles. The Hall–Kier alpha value is -2.54. The standard InChI is InChI=1S/C18H14BrFN4O/c1-23-8-9-24(18(25)12-10-11(19)6-7-13(12)20)17-16(23)21-14-4-2-3-5-15(14)22-17/h2-7,10H,8-9H2,1H3. The smallest absolute Gasteiger partial charge is 0.262 e. The van der Waals surface area contributed by atoms with E-state index in [-0.39, 0.29) is 5.56 Å². The molecule has 4 rings (SSSR count). The second-order valence-electron chi connectivity index (χ2n) is 5.86. The molecule has 1 aliphatic rings. The second-order valence-corrected chi connectivity index (χ2v) is 6.78. The van der Waals surface area contributed by atoms with E-state index in [1.165, 1.54) is 17.0 Å². The van der Waals surface area contributed by atoms with Crippen molar-refractivity contribution in [1.82, 2.24) is 9.97 Å². The summed E-state index contributed by atoms with van der Waals surface area (Å²) in [6.07, 6.45) is 0. The first-order valence-electron chi connectivity index (χ1n) is 7.79. The van der Waals surface area contributed by atoms with Crippen molar-refractivity contribution in [3.05, 3.63) is 58.3 Å². The van der Waals surface area contributed by atoms with Crippen LogP contribution in [0.2, 0.25) is 0 Å². The van der Waals surface area contributed by atoms with Gasteiger partial charge in [-0.25, -0.2) is 14.4 Å². The number of para-hydroxylation sites is 2. The van der Waals surface area contributed by atoms with Crippen LogP contribution in [0.5, 0.6) is 0 Å². The molecule has 2 heterocycles. The molecule has 0 saturated carbocycles. The molecular weight excluding hydrogens is 387 g/mol. The van der Waals surface area contributed by atoms with Crippen LogP contribution in [0.15, 0.2) is 46.9 Å². The SMILES string of the molecule is CN1CCN(C(=O)c2cc(Br)ccc2F)c2nc3ccccc3nc21. The van der Waals surface area contributed by atoms with Crippen molar-refractivity contribution in [3.63, 3.8) is 0 Å². The number of anilines is 2. The van der Waals surface area contributed by atoms with E-state index in [0.717, 1.165) is 5.52 Å². The molecule has 1 aliphatic heterocycles. The van der Waals surface area contributed by atoms with Crippen LogP contribution in [0.1, 0.15) is 10.4 Å². The predicted molar refractivity (Wildman–Crippen MR) is 98.6 cm³/mol. The third-order valence-corrected chi connectivity index (χ3v) is 4.71. The summed E-state index contributed by atoms with van der Waals surface area (Å²) >= 11 is 3.29. The molecule has 7 heteroatoms. The van der Waals surface area contributed by atoms with Gasteiger partial charge in [0.2, 0.25) is 0 Å². The minimum Gasteiger partial charge on any atom is -0.355 e. The van der Waals surface area contributed by atoms with Crippen molar-refractivity contribution < 1.29 is 9.18 Å². The summed E-state index contributed by atoms with van der Waals surface area (Å²) in [5, 5.41) is 0. The number of likely N-dealkylation sites (N-methyl/N-ethyl adjacent to an activating group) is 1. The first-order chi connectivity index (χ1) is 12.0. The molecule has 0 bridgehead atoms. The number of aromatic nitrogens is 2.